The largest absolute Gasteiger partial charge is 0.495 e. The van der Waals surface area contributed by atoms with Crippen molar-refractivity contribution < 1.29 is 4.74 Å². The number of rotatable bonds is 5. The molecule has 0 fully saturated rings. The third-order valence-corrected chi connectivity index (χ3v) is 3.48. The van der Waals surface area contributed by atoms with E-state index in [1.807, 2.05) is 50.6 Å². The number of nitrogens with zero attached hydrogens (tertiary/aromatic N) is 2. The number of para-hydroxylation sites is 2. The van der Waals surface area contributed by atoms with Gasteiger partial charge in [0.05, 0.1) is 12.8 Å². The molecule has 1 heterocycles. The van der Waals surface area contributed by atoms with Crippen LogP contribution in [0.15, 0.2) is 42.6 Å². The molecule has 0 radical (unpaired) electrons. The molecule has 106 valence electrons. The van der Waals surface area contributed by atoms with Crippen molar-refractivity contribution in [2.24, 2.45) is 0 Å². The van der Waals surface area contributed by atoms with Crippen LogP contribution in [0, 0.1) is 0 Å². The van der Waals surface area contributed by atoms with Crippen molar-refractivity contribution in [2.45, 2.75) is 13.0 Å². The molecule has 0 amide bonds. The second-order valence-corrected chi connectivity index (χ2v) is 4.66. The third kappa shape index (κ3) is 2.75. The SMILES string of the molecule is CNC(C)c1cccnc1N(C)c1ccccc1OC. The molecule has 1 unspecified atom stereocenters. The monoisotopic (exact) mass is 271 g/mol. The zero-order chi connectivity index (χ0) is 14.5. The topological polar surface area (TPSA) is 37.4 Å². The number of ether oxygens (including phenoxy) is 1. The molecule has 1 N–H and O–H groups in total. The summed E-state index contributed by atoms with van der Waals surface area (Å²) in [7, 11) is 5.64. The van der Waals surface area contributed by atoms with E-state index >= 15 is 0 Å². The van der Waals surface area contributed by atoms with Crippen molar-refractivity contribution in [3.05, 3.63) is 48.2 Å². The Morgan fingerprint density at radius 2 is 1.95 bits per heavy atom. The van der Waals surface area contributed by atoms with E-state index in [4.69, 9.17) is 4.74 Å². The molecule has 0 aliphatic carbocycles. The molecule has 0 aliphatic rings. The summed E-state index contributed by atoms with van der Waals surface area (Å²) in [6.45, 7) is 2.12. The highest BCUT2D eigenvalue weighted by atomic mass is 16.5. The van der Waals surface area contributed by atoms with Crippen molar-refractivity contribution in [3.63, 3.8) is 0 Å². The number of nitrogens with one attached hydrogen (secondary N) is 1. The molecule has 1 atom stereocenters. The van der Waals surface area contributed by atoms with Crippen LogP contribution in [0.1, 0.15) is 18.5 Å². The van der Waals surface area contributed by atoms with E-state index in [0.29, 0.717) is 0 Å². The fourth-order valence-electron chi connectivity index (χ4n) is 2.20. The molecular formula is C16H21N3O. The third-order valence-electron chi connectivity index (χ3n) is 3.48. The Morgan fingerprint density at radius 3 is 2.65 bits per heavy atom. The molecule has 4 heteroatoms. The molecular weight excluding hydrogens is 250 g/mol. The Labute approximate surface area is 120 Å². The molecule has 0 aliphatic heterocycles. The second-order valence-electron chi connectivity index (χ2n) is 4.66. The van der Waals surface area contributed by atoms with Crippen LogP contribution < -0.4 is 15.0 Å². The molecule has 2 rings (SSSR count). The summed E-state index contributed by atoms with van der Waals surface area (Å²) in [5.41, 5.74) is 2.15. The van der Waals surface area contributed by atoms with Gasteiger partial charge in [0.25, 0.3) is 0 Å². The van der Waals surface area contributed by atoms with Crippen LogP contribution in [0.2, 0.25) is 0 Å². The highest BCUT2D eigenvalue weighted by Crippen LogP contribution is 2.34. The molecule has 0 bridgehead atoms. The quantitative estimate of drug-likeness (QED) is 0.906. The first kappa shape index (κ1) is 14.3. The number of benzene rings is 1. The first-order valence-corrected chi connectivity index (χ1v) is 6.68. The molecule has 20 heavy (non-hydrogen) atoms. The van der Waals surface area contributed by atoms with Gasteiger partial charge in [0.1, 0.15) is 11.6 Å². The predicted octanol–water partition coefficient (Wildman–Crippen LogP) is 3.14. The van der Waals surface area contributed by atoms with Crippen LogP contribution in [0.3, 0.4) is 0 Å². The van der Waals surface area contributed by atoms with Crippen LogP contribution in [0.4, 0.5) is 11.5 Å². The van der Waals surface area contributed by atoms with Gasteiger partial charge in [-0.15, -0.1) is 0 Å². The summed E-state index contributed by atoms with van der Waals surface area (Å²) in [4.78, 5) is 6.59. The van der Waals surface area contributed by atoms with Crippen molar-refractivity contribution in [1.82, 2.24) is 10.3 Å². The molecule has 0 saturated carbocycles. The standard InChI is InChI=1S/C16H21N3O/c1-12(17-2)13-8-7-11-18-16(13)19(3)14-9-5-6-10-15(14)20-4/h5-12,17H,1-4H3. The van der Waals surface area contributed by atoms with E-state index in [1.54, 1.807) is 7.11 Å². The number of methoxy groups -OCH3 is 1. The van der Waals surface area contributed by atoms with Gasteiger partial charge in [-0.25, -0.2) is 4.98 Å². The fraction of sp³-hybridized carbons (Fsp3) is 0.312. The zero-order valence-corrected chi connectivity index (χ0v) is 12.4. The predicted molar refractivity (Wildman–Crippen MR) is 82.8 cm³/mol. The number of hydrogen-bond acceptors (Lipinski definition) is 4. The van der Waals surface area contributed by atoms with Gasteiger partial charge < -0.3 is 15.0 Å². The van der Waals surface area contributed by atoms with Crippen LogP contribution >= 0.6 is 0 Å². The number of hydrogen-bond donors (Lipinski definition) is 1. The molecule has 1 aromatic carbocycles. The van der Waals surface area contributed by atoms with Gasteiger partial charge in [0, 0.05) is 24.8 Å². The average molecular weight is 271 g/mol. The van der Waals surface area contributed by atoms with Crippen LogP contribution in [-0.2, 0) is 0 Å². The maximum absolute atomic E-state index is 5.43. The molecule has 0 saturated heterocycles. The van der Waals surface area contributed by atoms with Crippen molar-refractivity contribution in [3.8, 4) is 5.75 Å². The van der Waals surface area contributed by atoms with Crippen LogP contribution in [-0.4, -0.2) is 26.2 Å². The van der Waals surface area contributed by atoms with E-state index in [1.165, 1.54) is 0 Å². The van der Waals surface area contributed by atoms with Gasteiger partial charge in [-0.3, -0.25) is 0 Å². The van der Waals surface area contributed by atoms with E-state index in [0.717, 1.165) is 22.8 Å². The van der Waals surface area contributed by atoms with Crippen molar-refractivity contribution in [1.29, 1.82) is 0 Å². The van der Waals surface area contributed by atoms with Crippen LogP contribution in [0.25, 0.3) is 0 Å². The lowest BCUT2D eigenvalue weighted by molar-refractivity contribution is 0.415. The summed E-state index contributed by atoms with van der Waals surface area (Å²) in [5, 5.41) is 3.26. The van der Waals surface area contributed by atoms with Crippen molar-refractivity contribution >= 4 is 11.5 Å². The van der Waals surface area contributed by atoms with Gasteiger partial charge >= 0.3 is 0 Å². The van der Waals surface area contributed by atoms with Gasteiger partial charge in [-0.05, 0) is 32.2 Å². The molecule has 1 aromatic heterocycles. The number of pyridine rings is 1. The van der Waals surface area contributed by atoms with E-state index in [-0.39, 0.29) is 6.04 Å². The number of anilines is 2. The Hall–Kier alpha value is -2.07. The summed E-state index contributed by atoms with van der Waals surface area (Å²) in [5.74, 6) is 1.77. The average Bonchev–Trinajstić information content (AvgIpc) is 2.53. The molecule has 4 nitrogen and oxygen atoms in total. The van der Waals surface area contributed by atoms with Gasteiger partial charge in [0.15, 0.2) is 0 Å². The highest BCUT2D eigenvalue weighted by Gasteiger charge is 2.16. The highest BCUT2D eigenvalue weighted by molar-refractivity contribution is 5.68. The van der Waals surface area contributed by atoms with Crippen LogP contribution in [0.5, 0.6) is 5.75 Å². The second kappa shape index (κ2) is 6.39. The maximum Gasteiger partial charge on any atom is 0.142 e. The minimum Gasteiger partial charge on any atom is -0.495 e. The van der Waals surface area contributed by atoms with E-state index in [9.17, 15) is 0 Å². The van der Waals surface area contributed by atoms with E-state index in [2.05, 4.69) is 28.2 Å². The fourth-order valence-corrected chi connectivity index (χ4v) is 2.20. The van der Waals surface area contributed by atoms with E-state index < -0.39 is 0 Å². The Bertz CT molecular complexity index is 571. The van der Waals surface area contributed by atoms with Gasteiger partial charge in [-0.2, -0.15) is 0 Å². The summed E-state index contributed by atoms with van der Waals surface area (Å²) >= 11 is 0. The Balaban J connectivity index is 2.45. The first-order chi connectivity index (χ1) is 9.69. The zero-order valence-electron chi connectivity index (χ0n) is 12.4. The minimum atomic E-state index is 0.232. The first-order valence-electron chi connectivity index (χ1n) is 6.68. The van der Waals surface area contributed by atoms with Gasteiger partial charge in [-0.1, -0.05) is 18.2 Å². The smallest absolute Gasteiger partial charge is 0.142 e. The summed E-state index contributed by atoms with van der Waals surface area (Å²) < 4.78 is 5.43. The Kier molecular flexibility index (Phi) is 4.58. The summed E-state index contributed by atoms with van der Waals surface area (Å²) in [6.07, 6.45) is 1.81. The maximum atomic E-state index is 5.43. The van der Waals surface area contributed by atoms with Gasteiger partial charge in [0.2, 0.25) is 0 Å². The normalized spacial score (nSPS) is 12.0. The lowest BCUT2D eigenvalue weighted by Gasteiger charge is -2.25. The Morgan fingerprint density at radius 1 is 1.20 bits per heavy atom. The number of aromatic nitrogens is 1. The molecule has 2 aromatic rings. The summed E-state index contributed by atoms with van der Waals surface area (Å²) in [6, 6.07) is 12.2. The lowest BCUT2D eigenvalue weighted by Crippen LogP contribution is -2.19. The molecule has 0 spiro atoms. The minimum absolute atomic E-state index is 0.232. The van der Waals surface area contributed by atoms with Crippen molar-refractivity contribution in [2.75, 3.05) is 26.1 Å². The lowest BCUT2D eigenvalue weighted by atomic mass is 10.1.